The fourth-order valence-electron chi connectivity index (χ4n) is 3.57. The minimum Gasteiger partial charge on any atom is -0.481 e. The minimum absolute atomic E-state index is 0.0576. The predicted molar refractivity (Wildman–Crippen MR) is 124 cm³/mol. The third-order valence-electron chi connectivity index (χ3n) is 5.33. The van der Waals surface area contributed by atoms with Crippen LogP contribution in [-0.4, -0.2) is 66.1 Å². The summed E-state index contributed by atoms with van der Waals surface area (Å²) in [4.78, 5) is 28.5. The van der Waals surface area contributed by atoms with Crippen LogP contribution in [0, 0.1) is 5.92 Å². The quantitative estimate of drug-likeness (QED) is 0.620. The van der Waals surface area contributed by atoms with Crippen molar-refractivity contribution in [3.05, 3.63) is 71.3 Å². The first-order valence-corrected chi connectivity index (χ1v) is 10.8. The molecule has 0 aliphatic carbocycles. The maximum Gasteiger partial charge on any atom is 0.308 e. The van der Waals surface area contributed by atoms with Crippen LogP contribution in [0.1, 0.15) is 12.0 Å². The largest absolute Gasteiger partial charge is 0.481 e. The average molecular weight is 442 g/mol. The second-order valence-electron chi connectivity index (χ2n) is 7.71. The van der Waals surface area contributed by atoms with Crippen molar-refractivity contribution < 1.29 is 14.7 Å². The van der Waals surface area contributed by atoms with Crippen molar-refractivity contribution in [2.45, 2.75) is 6.42 Å². The highest BCUT2D eigenvalue weighted by molar-refractivity contribution is 6.30. The second-order valence-corrected chi connectivity index (χ2v) is 8.15. The molecule has 3 rings (SSSR count). The Balaban J connectivity index is 1.42. The summed E-state index contributed by atoms with van der Waals surface area (Å²) < 4.78 is 0. The number of anilines is 1. The summed E-state index contributed by atoms with van der Waals surface area (Å²) in [6, 6.07) is 16.9. The molecule has 1 heterocycles. The number of piperazine rings is 1. The molecule has 1 aliphatic rings. The van der Waals surface area contributed by atoms with E-state index in [1.54, 1.807) is 24.3 Å². The second kappa shape index (κ2) is 11.6. The molecule has 164 valence electrons. The van der Waals surface area contributed by atoms with E-state index in [4.69, 9.17) is 11.6 Å². The summed E-state index contributed by atoms with van der Waals surface area (Å²) in [6.07, 6.45) is 4.22. The number of carboxylic acids is 1. The average Bonchev–Trinajstić information content (AvgIpc) is 2.77. The third kappa shape index (κ3) is 7.83. The maximum absolute atomic E-state index is 12.3. The van der Waals surface area contributed by atoms with Crippen LogP contribution in [0.25, 0.3) is 6.08 Å². The van der Waals surface area contributed by atoms with Crippen LogP contribution in [0.5, 0.6) is 0 Å². The number of nitrogens with zero attached hydrogens (tertiary/aromatic N) is 2. The van der Waals surface area contributed by atoms with E-state index in [9.17, 15) is 14.7 Å². The number of hydrogen-bond donors (Lipinski definition) is 2. The number of hydrogen-bond acceptors (Lipinski definition) is 4. The molecule has 1 amide bonds. The molecular formula is C24H28ClN3O3. The van der Waals surface area contributed by atoms with Crippen molar-refractivity contribution in [1.82, 2.24) is 9.80 Å². The lowest BCUT2D eigenvalue weighted by atomic mass is 10.0. The minimum atomic E-state index is -0.945. The van der Waals surface area contributed by atoms with Crippen LogP contribution < -0.4 is 5.32 Å². The summed E-state index contributed by atoms with van der Waals surface area (Å²) >= 11 is 5.85. The molecule has 0 spiro atoms. The molecule has 1 fully saturated rings. The lowest BCUT2D eigenvalue weighted by Crippen LogP contribution is -2.48. The van der Waals surface area contributed by atoms with E-state index < -0.39 is 11.9 Å². The van der Waals surface area contributed by atoms with Gasteiger partial charge in [-0.1, -0.05) is 54.1 Å². The van der Waals surface area contributed by atoms with Gasteiger partial charge in [0.15, 0.2) is 0 Å². The van der Waals surface area contributed by atoms with Crippen molar-refractivity contribution in [1.29, 1.82) is 0 Å². The summed E-state index contributed by atoms with van der Waals surface area (Å²) in [5.41, 5.74) is 1.79. The number of carbonyl (C=O) groups excluding carboxylic acids is 1. The Morgan fingerprint density at radius 1 is 1.00 bits per heavy atom. The van der Waals surface area contributed by atoms with Gasteiger partial charge in [0.1, 0.15) is 0 Å². The van der Waals surface area contributed by atoms with E-state index in [-0.39, 0.29) is 12.3 Å². The first-order valence-electron chi connectivity index (χ1n) is 10.4. The van der Waals surface area contributed by atoms with Gasteiger partial charge in [0.2, 0.25) is 5.91 Å². The molecule has 0 radical (unpaired) electrons. The molecule has 1 aliphatic heterocycles. The molecule has 2 N–H and O–H groups in total. The van der Waals surface area contributed by atoms with Crippen molar-refractivity contribution in [2.24, 2.45) is 5.92 Å². The molecular weight excluding hydrogens is 414 g/mol. The standard InChI is InChI=1S/C24H28ClN3O3/c25-21-8-10-22(11-9-21)26-23(29)17-20(24(30)31)18-28-15-13-27(14-16-28)12-4-7-19-5-2-1-3-6-19/h1-11,20H,12-18H2,(H,26,29)(H,30,31)/b7-4+. The number of halogens is 1. The molecule has 7 heteroatoms. The van der Waals surface area contributed by atoms with Crippen LogP contribution in [0.15, 0.2) is 60.7 Å². The first-order chi connectivity index (χ1) is 15.0. The molecule has 1 atom stereocenters. The van der Waals surface area contributed by atoms with Crippen LogP contribution in [0.4, 0.5) is 5.69 Å². The molecule has 31 heavy (non-hydrogen) atoms. The van der Waals surface area contributed by atoms with Gasteiger partial charge in [-0.25, -0.2) is 0 Å². The Hall–Kier alpha value is -2.67. The Labute approximate surface area is 188 Å². The van der Waals surface area contributed by atoms with Gasteiger partial charge in [-0.2, -0.15) is 0 Å². The number of benzene rings is 2. The van der Waals surface area contributed by atoms with E-state index in [0.29, 0.717) is 17.3 Å². The number of nitrogens with one attached hydrogen (secondary N) is 1. The van der Waals surface area contributed by atoms with E-state index in [0.717, 1.165) is 32.7 Å². The first kappa shape index (κ1) is 23.0. The molecule has 1 unspecified atom stereocenters. The molecule has 0 bridgehead atoms. The molecule has 2 aromatic carbocycles. The summed E-state index contributed by atoms with van der Waals surface area (Å²) in [7, 11) is 0. The molecule has 0 aromatic heterocycles. The third-order valence-corrected chi connectivity index (χ3v) is 5.58. The molecule has 6 nitrogen and oxygen atoms in total. The highest BCUT2D eigenvalue weighted by Crippen LogP contribution is 2.16. The van der Waals surface area contributed by atoms with Gasteiger partial charge >= 0.3 is 5.97 Å². The topological polar surface area (TPSA) is 72.9 Å². The van der Waals surface area contributed by atoms with E-state index >= 15 is 0 Å². The maximum atomic E-state index is 12.3. The van der Waals surface area contributed by atoms with Gasteiger partial charge < -0.3 is 10.4 Å². The van der Waals surface area contributed by atoms with Gasteiger partial charge in [-0.05, 0) is 29.8 Å². The molecule has 1 saturated heterocycles. The van der Waals surface area contributed by atoms with E-state index in [2.05, 4.69) is 39.4 Å². The zero-order valence-corrected chi connectivity index (χ0v) is 18.2. The summed E-state index contributed by atoms with van der Waals surface area (Å²) in [5.74, 6) is -1.99. The fourth-order valence-corrected chi connectivity index (χ4v) is 3.69. The van der Waals surface area contributed by atoms with Crippen molar-refractivity contribution in [3.8, 4) is 0 Å². The number of carbonyl (C=O) groups is 2. The van der Waals surface area contributed by atoms with Crippen LogP contribution in [0.2, 0.25) is 5.02 Å². The van der Waals surface area contributed by atoms with Gasteiger partial charge in [-0.3, -0.25) is 19.4 Å². The monoisotopic (exact) mass is 441 g/mol. The SMILES string of the molecule is O=C(CC(CN1CCN(C/C=C/c2ccccc2)CC1)C(=O)O)Nc1ccc(Cl)cc1. The van der Waals surface area contributed by atoms with Crippen LogP contribution in [0.3, 0.4) is 0 Å². The van der Waals surface area contributed by atoms with Gasteiger partial charge in [0.25, 0.3) is 0 Å². The number of amides is 1. The van der Waals surface area contributed by atoms with E-state index in [1.165, 1.54) is 5.56 Å². The molecule has 2 aromatic rings. The zero-order chi connectivity index (χ0) is 22.1. The van der Waals surface area contributed by atoms with Crippen molar-refractivity contribution in [2.75, 3.05) is 44.6 Å². The number of carboxylic acid groups (broad SMARTS) is 1. The van der Waals surface area contributed by atoms with Crippen molar-refractivity contribution in [3.63, 3.8) is 0 Å². The lowest BCUT2D eigenvalue weighted by molar-refractivity contribution is -0.144. The van der Waals surface area contributed by atoms with Gasteiger partial charge in [-0.15, -0.1) is 0 Å². The Morgan fingerprint density at radius 2 is 1.65 bits per heavy atom. The van der Waals surface area contributed by atoms with Gasteiger partial charge in [0.05, 0.1) is 5.92 Å². The number of rotatable bonds is 9. The summed E-state index contributed by atoms with van der Waals surface area (Å²) in [6.45, 7) is 4.58. The lowest BCUT2D eigenvalue weighted by Gasteiger charge is -2.35. The fraction of sp³-hybridized carbons (Fsp3) is 0.333. The number of aliphatic carboxylic acids is 1. The van der Waals surface area contributed by atoms with E-state index in [1.807, 2.05) is 18.2 Å². The smallest absolute Gasteiger partial charge is 0.308 e. The van der Waals surface area contributed by atoms with Crippen LogP contribution >= 0.6 is 11.6 Å². The highest BCUT2D eigenvalue weighted by Gasteiger charge is 2.26. The zero-order valence-electron chi connectivity index (χ0n) is 17.4. The molecule has 0 saturated carbocycles. The van der Waals surface area contributed by atoms with Crippen molar-refractivity contribution >= 4 is 35.2 Å². The normalized spacial score (nSPS) is 16.3. The predicted octanol–water partition coefficient (Wildman–Crippen LogP) is 3.70. The van der Waals surface area contributed by atoms with Gasteiger partial charge in [0, 0.05) is 56.4 Å². The Morgan fingerprint density at radius 3 is 2.29 bits per heavy atom. The highest BCUT2D eigenvalue weighted by atomic mass is 35.5. The summed E-state index contributed by atoms with van der Waals surface area (Å²) in [5, 5.41) is 12.9. The van der Waals surface area contributed by atoms with Crippen LogP contribution in [-0.2, 0) is 9.59 Å². The Bertz CT molecular complexity index is 879. The Kier molecular flexibility index (Phi) is 8.64.